The van der Waals surface area contributed by atoms with E-state index in [0.717, 1.165) is 22.5 Å². The lowest BCUT2D eigenvalue weighted by Gasteiger charge is -2.19. The predicted octanol–water partition coefficient (Wildman–Crippen LogP) is 4.57. The van der Waals surface area contributed by atoms with Crippen LogP contribution in [0, 0.1) is 5.92 Å². The lowest BCUT2D eigenvalue weighted by atomic mass is 9.94. The van der Waals surface area contributed by atoms with Crippen molar-refractivity contribution in [2.24, 2.45) is 11.0 Å². The third-order valence-electron chi connectivity index (χ3n) is 4.24. The van der Waals surface area contributed by atoms with E-state index in [1.165, 1.54) is 11.8 Å². The highest BCUT2D eigenvalue weighted by Gasteiger charge is 2.21. The molecule has 0 spiro atoms. The van der Waals surface area contributed by atoms with E-state index in [2.05, 4.69) is 15.8 Å². The first-order valence-corrected chi connectivity index (χ1v) is 9.40. The standard InChI is InChI=1S/C20H21N3O2S/c1-13-12-18(24)22-23-19(13)16-8-10-17(11-9-16)21-20(25)26-14(2)15-6-4-3-5-7-15/h3-11,13-14H,12H2,1-2H3,(H,21,25)(H,22,24). The Labute approximate surface area is 157 Å². The number of hydrazone groups is 1. The first-order valence-electron chi connectivity index (χ1n) is 8.52. The molecule has 5 nitrogen and oxygen atoms in total. The Morgan fingerprint density at radius 3 is 2.54 bits per heavy atom. The summed E-state index contributed by atoms with van der Waals surface area (Å²) in [6, 6.07) is 17.5. The van der Waals surface area contributed by atoms with E-state index in [1.54, 1.807) is 0 Å². The van der Waals surface area contributed by atoms with Crippen LogP contribution in [0.25, 0.3) is 0 Å². The Morgan fingerprint density at radius 1 is 1.19 bits per heavy atom. The highest BCUT2D eigenvalue weighted by molar-refractivity contribution is 8.14. The number of nitrogens with zero attached hydrogens (tertiary/aromatic N) is 1. The Hall–Kier alpha value is -2.60. The summed E-state index contributed by atoms with van der Waals surface area (Å²) in [6.45, 7) is 3.99. The van der Waals surface area contributed by atoms with Crippen LogP contribution in [0.5, 0.6) is 0 Å². The molecule has 0 saturated carbocycles. The molecule has 2 N–H and O–H groups in total. The minimum atomic E-state index is -0.0928. The number of rotatable bonds is 4. The van der Waals surface area contributed by atoms with Crippen molar-refractivity contribution < 1.29 is 9.59 Å². The molecule has 1 aliphatic rings. The number of thioether (sulfide) groups is 1. The van der Waals surface area contributed by atoms with Crippen LogP contribution in [0.1, 0.15) is 36.6 Å². The number of nitrogens with one attached hydrogen (secondary N) is 2. The average molecular weight is 367 g/mol. The SMILES string of the molecule is CC1CC(=O)NN=C1c1ccc(NC(=O)SC(C)c2ccccc2)cc1. The van der Waals surface area contributed by atoms with Crippen LogP contribution in [-0.4, -0.2) is 16.9 Å². The largest absolute Gasteiger partial charge is 0.317 e. The van der Waals surface area contributed by atoms with Crippen LogP contribution in [0.2, 0.25) is 0 Å². The van der Waals surface area contributed by atoms with Crippen LogP contribution in [0.15, 0.2) is 59.7 Å². The van der Waals surface area contributed by atoms with Crippen LogP contribution in [-0.2, 0) is 4.79 Å². The van der Waals surface area contributed by atoms with Gasteiger partial charge in [0.2, 0.25) is 5.91 Å². The number of hydrogen-bond acceptors (Lipinski definition) is 4. The van der Waals surface area contributed by atoms with Gasteiger partial charge in [0.05, 0.1) is 5.71 Å². The molecule has 0 aliphatic carbocycles. The van der Waals surface area contributed by atoms with Crippen molar-refractivity contribution in [3.63, 3.8) is 0 Å². The van der Waals surface area contributed by atoms with Crippen LogP contribution in [0.4, 0.5) is 10.5 Å². The summed E-state index contributed by atoms with van der Waals surface area (Å²) in [7, 11) is 0. The zero-order chi connectivity index (χ0) is 18.5. The minimum absolute atomic E-state index is 0.0605. The van der Waals surface area contributed by atoms with Gasteiger partial charge in [-0.3, -0.25) is 9.59 Å². The quantitative estimate of drug-likeness (QED) is 0.831. The summed E-state index contributed by atoms with van der Waals surface area (Å²) in [4.78, 5) is 23.6. The number of anilines is 1. The molecule has 1 aliphatic heterocycles. The second-order valence-electron chi connectivity index (χ2n) is 6.30. The fraction of sp³-hybridized carbons (Fsp3) is 0.250. The second-order valence-corrected chi connectivity index (χ2v) is 7.61. The Morgan fingerprint density at radius 2 is 1.88 bits per heavy atom. The van der Waals surface area contributed by atoms with Gasteiger partial charge >= 0.3 is 0 Å². The maximum absolute atomic E-state index is 12.3. The molecule has 2 atom stereocenters. The van der Waals surface area contributed by atoms with Crippen molar-refractivity contribution in [3.8, 4) is 0 Å². The molecule has 0 aromatic heterocycles. The summed E-state index contributed by atoms with van der Waals surface area (Å²) in [5.74, 6) is 0.0150. The van der Waals surface area contributed by atoms with E-state index in [9.17, 15) is 9.59 Å². The molecule has 0 radical (unpaired) electrons. The molecule has 2 aromatic rings. The van der Waals surface area contributed by atoms with Gasteiger partial charge in [0, 0.05) is 23.3 Å². The molecule has 134 valence electrons. The maximum atomic E-state index is 12.3. The van der Waals surface area contributed by atoms with Crippen molar-refractivity contribution >= 4 is 34.3 Å². The lowest BCUT2D eigenvalue weighted by molar-refractivity contribution is -0.121. The van der Waals surface area contributed by atoms with Gasteiger partial charge in [-0.25, -0.2) is 5.43 Å². The summed E-state index contributed by atoms with van der Waals surface area (Å²) < 4.78 is 0. The monoisotopic (exact) mass is 367 g/mol. The normalized spacial score (nSPS) is 17.8. The molecule has 3 rings (SSSR count). The first kappa shape index (κ1) is 18.2. The zero-order valence-electron chi connectivity index (χ0n) is 14.7. The summed E-state index contributed by atoms with van der Waals surface area (Å²) in [5, 5.41) is 7.04. The number of benzene rings is 2. The van der Waals surface area contributed by atoms with E-state index in [-0.39, 0.29) is 22.3 Å². The average Bonchev–Trinajstić information content (AvgIpc) is 2.63. The van der Waals surface area contributed by atoms with Crippen LogP contribution < -0.4 is 10.7 Å². The summed E-state index contributed by atoms with van der Waals surface area (Å²) in [5.41, 5.74) is 6.18. The minimum Gasteiger partial charge on any atom is -0.317 e. The zero-order valence-corrected chi connectivity index (χ0v) is 15.5. The topological polar surface area (TPSA) is 70.6 Å². The molecule has 1 heterocycles. The number of carbonyl (C=O) groups is 2. The van der Waals surface area contributed by atoms with E-state index in [4.69, 9.17) is 0 Å². The second kappa shape index (κ2) is 8.19. The molecule has 0 bridgehead atoms. The molecule has 6 heteroatoms. The van der Waals surface area contributed by atoms with Crippen LogP contribution >= 0.6 is 11.8 Å². The van der Waals surface area contributed by atoms with Crippen LogP contribution in [0.3, 0.4) is 0 Å². The van der Waals surface area contributed by atoms with E-state index in [0.29, 0.717) is 6.42 Å². The molecule has 0 saturated heterocycles. The van der Waals surface area contributed by atoms with Crippen molar-refractivity contribution in [2.45, 2.75) is 25.5 Å². The van der Waals surface area contributed by atoms with Gasteiger partial charge in [-0.05, 0) is 30.2 Å². The van der Waals surface area contributed by atoms with Crippen molar-refractivity contribution in [2.75, 3.05) is 5.32 Å². The molecular formula is C20H21N3O2S. The lowest BCUT2D eigenvalue weighted by Crippen LogP contribution is -2.31. The number of carbonyl (C=O) groups excluding carboxylic acids is 2. The molecule has 0 fully saturated rings. The molecule has 2 unspecified atom stereocenters. The maximum Gasteiger partial charge on any atom is 0.284 e. The Bertz CT molecular complexity index is 819. The predicted molar refractivity (Wildman–Crippen MR) is 106 cm³/mol. The molecular weight excluding hydrogens is 346 g/mol. The molecule has 26 heavy (non-hydrogen) atoms. The van der Waals surface area contributed by atoms with Gasteiger partial charge in [0.25, 0.3) is 5.24 Å². The number of hydrogen-bond donors (Lipinski definition) is 2. The number of amides is 2. The van der Waals surface area contributed by atoms with Gasteiger partial charge in [0.15, 0.2) is 0 Å². The summed E-state index contributed by atoms with van der Waals surface area (Å²) >= 11 is 1.26. The smallest absolute Gasteiger partial charge is 0.284 e. The molecule has 2 amide bonds. The van der Waals surface area contributed by atoms with E-state index in [1.807, 2.05) is 68.4 Å². The van der Waals surface area contributed by atoms with Gasteiger partial charge < -0.3 is 5.32 Å². The van der Waals surface area contributed by atoms with Crippen molar-refractivity contribution in [3.05, 3.63) is 65.7 Å². The van der Waals surface area contributed by atoms with E-state index < -0.39 is 0 Å². The van der Waals surface area contributed by atoms with Gasteiger partial charge in [0.1, 0.15) is 0 Å². The van der Waals surface area contributed by atoms with Gasteiger partial charge in [-0.15, -0.1) is 0 Å². The fourth-order valence-electron chi connectivity index (χ4n) is 2.83. The van der Waals surface area contributed by atoms with Gasteiger partial charge in [-0.1, -0.05) is 61.2 Å². The first-order chi connectivity index (χ1) is 12.5. The third-order valence-corrected chi connectivity index (χ3v) is 5.18. The van der Waals surface area contributed by atoms with Gasteiger partial charge in [-0.2, -0.15) is 5.10 Å². The fourth-order valence-corrected chi connectivity index (χ4v) is 3.62. The van der Waals surface area contributed by atoms with Crippen molar-refractivity contribution in [1.29, 1.82) is 0 Å². The Kier molecular flexibility index (Phi) is 5.73. The highest BCUT2D eigenvalue weighted by atomic mass is 32.2. The molecule has 2 aromatic carbocycles. The third kappa shape index (κ3) is 4.52. The van der Waals surface area contributed by atoms with E-state index >= 15 is 0 Å². The summed E-state index contributed by atoms with van der Waals surface area (Å²) in [6.07, 6.45) is 0.436. The Balaban J connectivity index is 1.60. The van der Waals surface area contributed by atoms with Crippen molar-refractivity contribution in [1.82, 2.24) is 5.43 Å². The highest BCUT2D eigenvalue weighted by Crippen LogP contribution is 2.29.